The van der Waals surface area contributed by atoms with Crippen molar-refractivity contribution >= 4 is 16.8 Å². The lowest BCUT2D eigenvalue weighted by atomic mass is 10.1. The van der Waals surface area contributed by atoms with Crippen LogP contribution in [0.4, 0.5) is 0 Å². The molecule has 5 heteroatoms. The Balaban J connectivity index is 1.87. The Morgan fingerprint density at radius 2 is 2.29 bits per heavy atom. The number of benzene rings is 1. The Hall–Kier alpha value is -1.88. The number of aromatic nitrogens is 2. The van der Waals surface area contributed by atoms with E-state index in [1.807, 2.05) is 43.1 Å². The van der Waals surface area contributed by atoms with E-state index in [0.717, 1.165) is 30.4 Å². The Kier molecular flexibility index (Phi) is 3.92. The van der Waals surface area contributed by atoms with Crippen molar-refractivity contribution in [3.8, 4) is 0 Å². The van der Waals surface area contributed by atoms with Gasteiger partial charge >= 0.3 is 0 Å². The van der Waals surface area contributed by atoms with Gasteiger partial charge in [0.15, 0.2) is 5.69 Å². The molecule has 0 spiro atoms. The fourth-order valence-corrected chi connectivity index (χ4v) is 3.06. The summed E-state index contributed by atoms with van der Waals surface area (Å²) in [7, 11) is 1.88. The number of carbonyl (C=O) groups excluding carboxylic acids is 1. The first-order valence-electron chi connectivity index (χ1n) is 7.65. The summed E-state index contributed by atoms with van der Waals surface area (Å²) in [5.74, 6) is 0.0306. The second-order valence-electron chi connectivity index (χ2n) is 5.63. The van der Waals surface area contributed by atoms with E-state index in [4.69, 9.17) is 0 Å². The summed E-state index contributed by atoms with van der Waals surface area (Å²) in [5.41, 5.74) is 1.56. The molecule has 1 unspecified atom stereocenters. The van der Waals surface area contributed by atoms with E-state index in [1.165, 1.54) is 6.42 Å². The van der Waals surface area contributed by atoms with E-state index < -0.39 is 0 Å². The number of rotatable bonds is 4. The molecule has 112 valence electrons. The molecule has 1 atom stereocenters. The first-order chi connectivity index (χ1) is 10.2. The van der Waals surface area contributed by atoms with Crippen LogP contribution in [0.1, 0.15) is 30.3 Å². The third kappa shape index (κ3) is 2.65. The van der Waals surface area contributed by atoms with Gasteiger partial charge < -0.3 is 10.2 Å². The highest BCUT2D eigenvalue weighted by Crippen LogP contribution is 2.19. The van der Waals surface area contributed by atoms with Crippen LogP contribution in [0.5, 0.6) is 0 Å². The SMILES string of the molecule is CCN(CC1CCCN1)C(=O)c1nn(C)c2ccccc12. The van der Waals surface area contributed by atoms with E-state index in [0.29, 0.717) is 18.3 Å². The molecule has 0 radical (unpaired) electrons. The van der Waals surface area contributed by atoms with Gasteiger partial charge in [0.1, 0.15) is 0 Å². The topological polar surface area (TPSA) is 50.2 Å². The second kappa shape index (κ2) is 5.85. The molecular formula is C16H22N4O. The molecule has 21 heavy (non-hydrogen) atoms. The zero-order valence-electron chi connectivity index (χ0n) is 12.7. The van der Waals surface area contributed by atoms with Gasteiger partial charge in [-0.25, -0.2) is 0 Å². The second-order valence-corrected chi connectivity index (χ2v) is 5.63. The van der Waals surface area contributed by atoms with Crippen molar-refractivity contribution in [3.63, 3.8) is 0 Å². The number of hydrogen-bond acceptors (Lipinski definition) is 3. The Bertz CT molecular complexity index is 643. The normalized spacial score (nSPS) is 18.3. The van der Waals surface area contributed by atoms with Crippen LogP contribution in [0, 0.1) is 0 Å². The van der Waals surface area contributed by atoms with Gasteiger partial charge in [0.05, 0.1) is 5.52 Å². The lowest BCUT2D eigenvalue weighted by Crippen LogP contribution is -2.41. The fraction of sp³-hybridized carbons (Fsp3) is 0.500. The summed E-state index contributed by atoms with van der Waals surface area (Å²) in [6, 6.07) is 8.31. The zero-order valence-corrected chi connectivity index (χ0v) is 12.7. The Morgan fingerprint density at radius 1 is 1.48 bits per heavy atom. The molecule has 1 saturated heterocycles. The molecule has 0 aliphatic carbocycles. The van der Waals surface area contributed by atoms with Crippen LogP contribution in [0.15, 0.2) is 24.3 Å². The maximum Gasteiger partial charge on any atom is 0.275 e. The van der Waals surface area contributed by atoms with Crippen molar-refractivity contribution in [1.29, 1.82) is 0 Å². The van der Waals surface area contributed by atoms with Crippen LogP contribution in [0.25, 0.3) is 10.9 Å². The lowest BCUT2D eigenvalue weighted by molar-refractivity contribution is 0.0746. The van der Waals surface area contributed by atoms with Crippen LogP contribution in [-0.2, 0) is 7.05 Å². The van der Waals surface area contributed by atoms with E-state index in [1.54, 1.807) is 4.68 Å². The molecule has 1 aliphatic heterocycles. The maximum absolute atomic E-state index is 12.8. The van der Waals surface area contributed by atoms with Crippen LogP contribution in [0.3, 0.4) is 0 Å². The summed E-state index contributed by atoms with van der Waals surface area (Å²) >= 11 is 0. The summed E-state index contributed by atoms with van der Waals surface area (Å²) in [5, 5.41) is 8.82. The van der Waals surface area contributed by atoms with Crippen LogP contribution >= 0.6 is 0 Å². The quantitative estimate of drug-likeness (QED) is 0.932. The minimum atomic E-state index is 0.0306. The number of carbonyl (C=O) groups is 1. The summed E-state index contributed by atoms with van der Waals surface area (Å²) in [4.78, 5) is 14.7. The van der Waals surface area contributed by atoms with Crippen molar-refractivity contribution in [2.75, 3.05) is 19.6 Å². The van der Waals surface area contributed by atoms with Gasteiger partial charge in [0.25, 0.3) is 5.91 Å². The molecule has 0 bridgehead atoms. The number of hydrogen-bond donors (Lipinski definition) is 1. The van der Waals surface area contributed by atoms with Gasteiger partial charge in [-0.05, 0) is 32.4 Å². The maximum atomic E-state index is 12.8. The molecule has 3 rings (SSSR count). The predicted octanol–water partition coefficient (Wildman–Crippen LogP) is 1.79. The third-order valence-corrected chi connectivity index (χ3v) is 4.23. The van der Waals surface area contributed by atoms with Gasteiger partial charge in [-0.2, -0.15) is 5.10 Å². The van der Waals surface area contributed by atoms with Gasteiger partial charge in [-0.1, -0.05) is 18.2 Å². The summed E-state index contributed by atoms with van der Waals surface area (Å²) in [6.07, 6.45) is 2.34. The van der Waals surface area contributed by atoms with Crippen molar-refractivity contribution in [2.24, 2.45) is 7.05 Å². The molecule has 2 aromatic rings. The largest absolute Gasteiger partial charge is 0.336 e. The Morgan fingerprint density at radius 3 is 3.00 bits per heavy atom. The first kappa shape index (κ1) is 14.1. The molecule has 1 aromatic carbocycles. The average molecular weight is 286 g/mol. The molecular weight excluding hydrogens is 264 g/mol. The van der Waals surface area contributed by atoms with Crippen LogP contribution in [0.2, 0.25) is 0 Å². The Labute approximate surface area is 124 Å². The first-order valence-corrected chi connectivity index (χ1v) is 7.65. The number of nitrogens with one attached hydrogen (secondary N) is 1. The molecule has 1 aromatic heterocycles. The van der Waals surface area contributed by atoms with Gasteiger partial charge in [-0.3, -0.25) is 9.48 Å². The van der Waals surface area contributed by atoms with Crippen LogP contribution in [-0.4, -0.2) is 46.3 Å². The van der Waals surface area contributed by atoms with Crippen molar-refractivity contribution < 1.29 is 4.79 Å². The van der Waals surface area contributed by atoms with E-state index in [2.05, 4.69) is 10.4 Å². The fourth-order valence-electron chi connectivity index (χ4n) is 3.06. The van der Waals surface area contributed by atoms with Crippen molar-refractivity contribution in [3.05, 3.63) is 30.0 Å². The molecule has 1 fully saturated rings. The van der Waals surface area contributed by atoms with Crippen LogP contribution < -0.4 is 5.32 Å². The van der Waals surface area contributed by atoms with Crippen molar-refractivity contribution in [1.82, 2.24) is 20.0 Å². The third-order valence-electron chi connectivity index (χ3n) is 4.23. The van der Waals surface area contributed by atoms with Gasteiger partial charge in [-0.15, -0.1) is 0 Å². The number of para-hydroxylation sites is 1. The van der Waals surface area contributed by atoms with E-state index >= 15 is 0 Å². The minimum absolute atomic E-state index is 0.0306. The highest BCUT2D eigenvalue weighted by molar-refractivity contribution is 6.04. The smallest absolute Gasteiger partial charge is 0.275 e. The average Bonchev–Trinajstić information content (AvgIpc) is 3.13. The highest BCUT2D eigenvalue weighted by atomic mass is 16.2. The molecule has 5 nitrogen and oxygen atoms in total. The highest BCUT2D eigenvalue weighted by Gasteiger charge is 2.24. The number of fused-ring (bicyclic) bond motifs is 1. The number of aryl methyl sites for hydroxylation is 1. The monoisotopic (exact) mass is 286 g/mol. The predicted molar refractivity (Wildman–Crippen MR) is 83.3 cm³/mol. The number of likely N-dealkylation sites (N-methyl/N-ethyl adjacent to an activating group) is 1. The zero-order chi connectivity index (χ0) is 14.8. The molecule has 1 aliphatic rings. The van der Waals surface area contributed by atoms with E-state index in [9.17, 15) is 4.79 Å². The van der Waals surface area contributed by atoms with Crippen molar-refractivity contribution in [2.45, 2.75) is 25.8 Å². The molecule has 1 N–H and O–H groups in total. The number of nitrogens with zero attached hydrogens (tertiary/aromatic N) is 3. The number of amides is 1. The van der Waals surface area contributed by atoms with Gasteiger partial charge in [0.2, 0.25) is 0 Å². The standard InChI is InChI=1S/C16H22N4O/c1-3-20(11-12-7-6-10-17-12)16(21)15-13-8-4-5-9-14(13)19(2)18-15/h4-5,8-9,12,17H,3,6-7,10-11H2,1-2H3. The summed E-state index contributed by atoms with van der Waals surface area (Å²) < 4.78 is 1.78. The molecule has 1 amide bonds. The molecule has 0 saturated carbocycles. The molecule has 2 heterocycles. The van der Waals surface area contributed by atoms with Gasteiger partial charge in [0, 0.05) is 31.6 Å². The summed E-state index contributed by atoms with van der Waals surface area (Å²) in [6.45, 7) is 4.56. The minimum Gasteiger partial charge on any atom is -0.336 e. The lowest BCUT2D eigenvalue weighted by Gasteiger charge is -2.23. The van der Waals surface area contributed by atoms with E-state index in [-0.39, 0.29) is 5.91 Å².